The molecule has 1 spiro atoms. The van der Waals surface area contributed by atoms with Gasteiger partial charge in [0.05, 0.1) is 33.9 Å². The van der Waals surface area contributed by atoms with Crippen LogP contribution >= 0.6 is 0 Å². The SMILES string of the molecule is CC1(C)c2cccc3c2B2c4c(cc(N5c6ccccc6C6(c7ccccc7N(c7ccccc7)c7ccccc76)c6ccccc65)cc4C(C)(C)c4cccc1c42)O3. The summed E-state index contributed by atoms with van der Waals surface area (Å²) in [7, 11) is 0. The molecule has 0 atom stereocenters. The van der Waals surface area contributed by atoms with Crippen LogP contribution in [0.15, 0.2) is 176 Å². The number of hydrogen-bond donors (Lipinski definition) is 0. The van der Waals surface area contributed by atoms with Gasteiger partial charge in [-0.3, -0.25) is 0 Å². The van der Waals surface area contributed by atoms with Gasteiger partial charge >= 0.3 is 0 Å². The summed E-state index contributed by atoms with van der Waals surface area (Å²) in [5.74, 6) is 1.94. The molecule has 0 bridgehead atoms. The van der Waals surface area contributed by atoms with Crippen molar-refractivity contribution in [3.05, 3.63) is 220 Å². The first-order valence-electron chi connectivity index (χ1n) is 21.0. The largest absolute Gasteiger partial charge is 0.458 e. The second-order valence-corrected chi connectivity index (χ2v) is 18.0. The molecule has 3 nitrogen and oxygen atoms in total. The topological polar surface area (TPSA) is 15.7 Å². The maximum atomic E-state index is 7.17. The van der Waals surface area contributed by atoms with E-state index in [1.54, 1.807) is 0 Å². The molecule has 5 aliphatic rings. The summed E-state index contributed by atoms with van der Waals surface area (Å²) in [5.41, 5.74) is 20.8. The van der Waals surface area contributed by atoms with Gasteiger partial charge in [0.1, 0.15) is 11.5 Å². The lowest BCUT2D eigenvalue weighted by atomic mass is 9.26. The van der Waals surface area contributed by atoms with Crippen molar-refractivity contribution in [3.63, 3.8) is 0 Å². The van der Waals surface area contributed by atoms with Gasteiger partial charge in [0.2, 0.25) is 0 Å². The number of nitrogens with zero attached hydrogens (tertiary/aromatic N) is 2. The predicted octanol–water partition coefficient (Wildman–Crippen LogP) is 11.5. The Labute approximate surface area is 346 Å². The van der Waals surface area contributed by atoms with Crippen LogP contribution < -0.4 is 30.9 Å². The first-order chi connectivity index (χ1) is 28.8. The predicted molar refractivity (Wildman–Crippen MR) is 243 cm³/mol. The second-order valence-electron chi connectivity index (χ2n) is 18.0. The van der Waals surface area contributed by atoms with E-state index in [4.69, 9.17) is 4.74 Å². The third-order valence-electron chi connectivity index (χ3n) is 14.5. The van der Waals surface area contributed by atoms with Gasteiger partial charge in [0.15, 0.2) is 0 Å². The molecule has 8 aromatic carbocycles. The average molecular weight is 757 g/mol. The van der Waals surface area contributed by atoms with Crippen molar-refractivity contribution in [1.82, 2.24) is 0 Å². The molecule has 0 unspecified atom stereocenters. The molecule has 0 fully saturated rings. The molecule has 0 saturated heterocycles. The number of fused-ring (bicyclic) bond motifs is 8. The monoisotopic (exact) mass is 756 g/mol. The Hall–Kier alpha value is -6.78. The maximum absolute atomic E-state index is 7.17. The van der Waals surface area contributed by atoms with Crippen LogP contribution in [0.25, 0.3) is 0 Å². The van der Waals surface area contributed by atoms with E-state index >= 15 is 0 Å². The quantitative estimate of drug-likeness (QED) is 0.163. The van der Waals surface area contributed by atoms with Crippen LogP contribution in [-0.2, 0) is 16.2 Å². The molecule has 0 amide bonds. The van der Waals surface area contributed by atoms with Gasteiger partial charge in [-0.1, -0.05) is 154 Å². The highest BCUT2D eigenvalue weighted by molar-refractivity contribution is 6.99. The lowest BCUT2D eigenvalue weighted by Crippen LogP contribution is -2.68. The summed E-state index contributed by atoms with van der Waals surface area (Å²) < 4.78 is 7.17. The summed E-state index contributed by atoms with van der Waals surface area (Å²) in [4.78, 5) is 4.96. The minimum absolute atomic E-state index is 0.132. The minimum atomic E-state index is -0.583. The van der Waals surface area contributed by atoms with Gasteiger partial charge in [-0.25, -0.2) is 0 Å². The summed E-state index contributed by atoms with van der Waals surface area (Å²) in [6.07, 6.45) is 0. The average Bonchev–Trinajstić information content (AvgIpc) is 3.27. The third kappa shape index (κ3) is 3.95. The zero-order chi connectivity index (χ0) is 39.4. The van der Waals surface area contributed by atoms with E-state index in [0.717, 1.165) is 22.9 Å². The zero-order valence-electron chi connectivity index (χ0n) is 33.6. The Morgan fingerprint density at radius 1 is 0.356 bits per heavy atom. The van der Waals surface area contributed by atoms with Gasteiger partial charge in [0.25, 0.3) is 6.71 Å². The maximum Gasteiger partial charge on any atom is 0.252 e. The molecule has 4 heteroatoms. The molecule has 0 radical (unpaired) electrons. The Morgan fingerprint density at radius 2 is 0.763 bits per heavy atom. The summed E-state index contributed by atoms with van der Waals surface area (Å²) >= 11 is 0. The van der Waals surface area contributed by atoms with Crippen LogP contribution in [-0.4, -0.2) is 6.71 Å². The highest BCUT2D eigenvalue weighted by atomic mass is 16.5. The van der Waals surface area contributed by atoms with E-state index in [0.29, 0.717) is 0 Å². The van der Waals surface area contributed by atoms with E-state index in [1.165, 1.54) is 83.6 Å². The van der Waals surface area contributed by atoms with Crippen molar-refractivity contribution >= 4 is 57.2 Å². The number of benzene rings is 8. The van der Waals surface area contributed by atoms with Gasteiger partial charge in [-0.2, -0.15) is 0 Å². The molecule has 0 aromatic heterocycles. The Balaban J connectivity index is 1.09. The standard InChI is InChI=1S/C55H41BN2O/c1-53(2)40-24-16-25-41-50(40)56-51-42(53)26-17-31-48(51)59-49-33-35(32-43(52(49)56)54(41,3)4)58-46-29-14-10-22-38(46)55(39-23-11-15-30-47(39)58)36-20-8-12-27-44(36)57(34-18-6-5-7-19-34)45-28-13-9-21-37(45)55/h5-33H,1-4H3. The summed E-state index contributed by atoms with van der Waals surface area (Å²) in [5, 5.41) is 0. The van der Waals surface area contributed by atoms with Crippen LogP contribution in [0.5, 0.6) is 11.5 Å². The molecule has 280 valence electrons. The fourth-order valence-electron chi connectivity index (χ4n) is 12.1. The lowest BCUT2D eigenvalue weighted by molar-refractivity contribution is 0.481. The zero-order valence-corrected chi connectivity index (χ0v) is 33.6. The van der Waals surface area contributed by atoms with Crippen molar-refractivity contribution in [2.24, 2.45) is 0 Å². The third-order valence-corrected chi connectivity index (χ3v) is 14.5. The fourth-order valence-corrected chi connectivity index (χ4v) is 12.1. The molecule has 59 heavy (non-hydrogen) atoms. The van der Waals surface area contributed by atoms with Gasteiger partial charge in [-0.05, 0) is 104 Å². The molecule has 13 rings (SSSR count). The smallest absolute Gasteiger partial charge is 0.252 e. The number of para-hydroxylation sites is 5. The minimum Gasteiger partial charge on any atom is -0.458 e. The molecule has 0 aliphatic carbocycles. The fraction of sp³-hybridized carbons (Fsp3) is 0.127. The highest BCUT2D eigenvalue weighted by Gasteiger charge is 2.54. The van der Waals surface area contributed by atoms with Crippen LogP contribution in [0, 0.1) is 0 Å². The lowest BCUT2D eigenvalue weighted by Gasteiger charge is -2.52. The van der Waals surface area contributed by atoms with Crippen molar-refractivity contribution in [3.8, 4) is 11.5 Å². The molecule has 0 N–H and O–H groups in total. The molecule has 0 saturated carbocycles. The van der Waals surface area contributed by atoms with Crippen LogP contribution in [0.1, 0.15) is 72.2 Å². The van der Waals surface area contributed by atoms with Crippen LogP contribution in [0.2, 0.25) is 0 Å². The normalized spacial score (nSPS) is 16.9. The van der Waals surface area contributed by atoms with Gasteiger partial charge < -0.3 is 14.5 Å². The molecular formula is C55H41BN2O. The van der Waals surface area contributed by atoms with E-state index < -0.39 is 5.41 Å². The Kier molecular flexibility index (Phi) is 6.33. The Morgan fingerprint density at radius 3 is 1.31 bits per heavy atom. The number of ether oxygens (including phenoxy) is 1. The van der Waals surface area contributed by atoms with Crippen LogP contribution in [0.3, 0.4) is 0 Å². The van der Waals surface area contributed by atoms with Crippen molar-refractivity contribution in [2.75, 3.05) is 9.80 Å². The number of hydrogen-bond acceptors (Lipinski definition) is 3. The van der Waals surface area contributed by atoms with E-state index in [9.17, 15) is 0 Å². The van der Waals surface area contributed by atoms with E-state index in [2.05, 4.69) is 213 Å². The summed E-state index contributed by atoms with van der Waals surface area (Å²) in [6.45, 7) is 9.74. The number of rotatable bonds is 2. The van der Waals surface area contributed by atoms with Crippen molar-refractivity contribution in [1.29, 1.82) is 0 Å². The van der Waals surface area contributed by atoms with E-state index in [-0.39, 0.29) is 17.5 Å². The molecule has 8 aromatic rings. The molecule has 5 heterocycles. The van der Waals surface area contributed by atoms with Crippen molar-refractivity contribution < 1.29 is 4.74 Å². The summed E-state index contributed by atoms with van der Waals surface area (Å²) in [6, 6.07) is 65.7. The van der Waals surface area contributed by atoms with Crippen molar-refractivity contribution in [2.45, 2.75) is 43.9 Å². The first kappa shape index (κ1) is 33.2. The van der Waals surface area contributed by atoms with Gasteiger partial charge in [-0.15, -0.1) is 0 Å². The van der Waals surface area contributed by atoms with Gasteiger partial charge in [0, 0.05) is 22.6 Å². The second kappa shape index (κ2) is 11.2. The van der Waals surface area contributed by atoms with Crippen LogP contribution in [0.4, 0.5) is 34.1 Å². The first-order valence-corrected chi connectivity index (χ1v) is 21.0. The highest BCUT2D eigenvalue weighted by Crippen LogP contribution is 2.64. The Bertz CT molecular complexity index is 3030. The molecule has 5 aliphatic heterocycles. The molecular weight excluding hydrogens is 715 g/mol. The van der Waals surface area contributed by atoms with E-state index in [1.807, 2.05) is 0 Å². The number of anilines is 6.